The van der Waals surface area contributed by atoms with Gasteiger partial charge < -0.3 is 19.2 Å². The van der Waals surface area contributed by atoms with Crippen molar-refractivity contribution in [3.05, 3.63) is 0 Å². The maximum atomic E-state index is 12.1. The topological polar surface area (TPSA) is 102 Å². The molecule has 0 aromatic heterocycles. The first-order valence-corrected chi connectivity index (χ1v) is 13.6. The maximum Gasteiger partial charge on any atom is 0.472 e. The lowest BCUT2D eigenvalue weighted by Crippen LogP contribution is -2.37. The van der Waals surface area contributed by atoms with Crippen LogP contribution in [0.1, 0.15) is 109 Å². The van der Waals surface area contributed by atoms with Crippen LogP contribution in [-0.2, 0) is 23.1 Å². The second kappa shape index (κ2) is 19.8. The van der Waals surface area contributed by atoms with Crippen molar-refractivity contribution in [3.63, 3.8) is 0 Å². The van der Waals surface area contributed by atoms with Crippen LogP contribution in [0.5, 0.6) is 0 Å². The highest BCUT2D eigenvalue weighted by atomic mass is 31.2. The highest BCUT2D eigenvalue weighted by Crippen LogP contribution is 2.43. The lowest BCUT2D eigenvalue weighted by molar-refractivity contribution is -0.870. The van der Waals surface area contributed by atoms with Gasteiger partial charge in [-0.3, -0.25) is 13.8 Å². The molecule has 0 rings (SSSR count). The van der Waals surface area contributed by atoms with Crippen LogP contribution in [0.4, 0.5) is 0 Å². The monoisotopic (exact) mass is 505 g/mol. The molecule has 2 N–H and O–H groups in total. The number of nitrogens with zero attached hydrogens (tertiary/aromatic N) is 1. The molecule has 0 spiro atoms. The summed E-state index contributed by atoms with van der Waals surface area (Å²) in [5.74, 6) is -0.534. The fourth-order valence-corrected chi connectivity index (χ4v) is 3.85. The van der Waals surface area contributed by atoms with E-state index in [-0.39, 0.29) is 6.42 Å². The Kier molecular flexibility index (Phi) is 11.8. The smallest absolute Gasteiger partial charge is 0.463 e. The van der Waals surface area contributed by atoms with Gasteiger partial charge in [0.25, 0.3) is 0 Å². The largest absolute Gasteiger partial charge is 0.472 e. The molecule has 0 aromatic carbocycles. The molecule has 8 nitrogen and oxygen atoms in total. The number of hydrogen-bond acceptors (Lipinski definition) is 6. The first-order chi connectivity index (χ1) is 19.3. The third-order valence-corrected chi connectivity index (χ3v) is 6.02. The fraction of sp³-hybridized carbons (Fsp3) is 0.958. The van der Waals surface area contributed by atoms with E-state index in [0.29, 0.717) is 6.42 Å². The number of unbranched alkanes of at least 4 members (excludes halogenated alkanes) is 12. The number of phosphoric acid groups is 1. The molecule has 0 heterocycles. The molecular formula is C24H51NO7P+. The molecule has 0 aromatic rings. The Hall–Kier alpha value is -0.500. The number of aliphatic hydroxyl groups is 1. The molecule has 0 aliphatic rings. The summed E-state index contributed by atoms with van der Waals surface area (Å²) >= 11 is 0. The van der Waals surface area contributed by atoms with E-state index in [9.17, 15) is 19.4 Å². The Balaban J connectivity index is 4.22. The molecule has 33 heavy (non-hydrogen) atoms. The minimum absolute atomic E-state index is 0.170. The Labute approximate surface area is 214 Å². The third kappa shape index (κ3) is 24.4. The number of likely N-dealkylation sites (N-methyl/N-ethyl adjacent to an activating group) is 1. The van der Waals surface area contributed by atoms with Crippen molar-refractivity contribution in [2.45, 2.75) is 103 Å². The summed E-state index contributed by atoms with van der Waals surface area (Å²) in [6, 6.07) is 0. The van der Waals surface area contributed by atoms with Gasteiger partial charge in [0.1, 0.15) is 25.9 Å². The Morgan fingerprint density at radius 2 is 1.39 bits per heavy atom. The summed E-state index contributed by atoms with van der Waals surface area (Å²) in [7, 11) is -4.94. The zero-order valence-corrected chi connectivity index (χ0v) is 21.0. The third-order valence-electron chi connectivity index (χ3n) is 5.03. The lowest BCUT2D eigenvalue weighted by Gasteiger charge is -2.24. The van der Waals surface area contributed by atoms with E-state index in [1.807, 2.05) is 0 Å². The number of quaternary nitrogens is 1. The summed E-state index contributed by atoms with van der Waals surface area (Å²) < 4.78 is 91.5. The molecule has 0 saturated heterocycles. The van der Waals surface area contributed by atoms with E-state index in [4.69, 9.17) is 17.1 Å². The SMILES string of the molecule is [2H]C([2H])([2H])[N+](CCOP(=O)(O)OCC(O)COC(=O)CCCCCCCCCCCCCCC)(C([2H])([2H])[2H])C([2H])([2H])[2H]. The van der Waals surface area contributed by atoms with Gasteiger partial charge in [0.05, 0.1) is 39.9 Å². The average Bonchev–Trinajstić information content (AvgIpc) is 2.84. The number of carbonyl (C=O) groups is 1. The van der Waals surface area contributed by atoms with Crippen LogP contribution in [0.15, 0.2) is 0 Å². The zero-order valence-electron chi connectivity index (χ0n) is 29.1. The second-order valence-corrected chi connectivity index (χ2v) is 9.91. The van der Waals surface area contributed by atoms with Crippen molar-refractivity contribution in [1.82, 2.24) is 0 Å². The van der Waals surface area contributed by atoms with Crippen LogP contribution in [0.3, 0.4) is 0 Å². The first-order valence-electron chi connectivity index (χ1n) is 16.6. The summed E-state index contributed by atoms with van der Waals surface area (Å²) in [6.45, 7) is -11.9. The molecule has 198 valence electrons. The highest BCUT2D eigenvalue weighted by Gasteiger charge is 2.24. The Bertz CT molecular complexity index is 760. The van der Waals surface area contributed by atoms with Crippen molar-refractivity contribution in [3.8, 4) is 0 Å². The van der Waals surface area contributed by atoms with Crippen molar-refractivity contribution in [2.24, 2.45) is 0 Å². The van der Waals surface area contributed by atoms with Gasteiger partial charge in [0.2, 0.25) is 0 Å². The van der Waals surface area contributed by atoms with E-state index < -0.39 is 71.7 Å². The van der Waals surface area contributed by atoms with Crippen LogP contribution in [0, 0.1) is 0 Å². The molecule has 0 saturated carbocycles. The van der Waals surface area contributed by atoms with Gasteiger partial charge in [-0.2, -0.15) is 0 Å². The molecule has 0 aliphatic carbocycles. The average molecular weight is 506 g/mol. The first kappa shape index (κ1) is 19.7. The zero-order chi connectivity index (χ0) is 32.5. The van der Waals surface area contributed by atoms with E-state index >= 15 is 0 Å². The van der Waals surface area contributed by atoms with Crippen molar-refractivity contribution < 1.29 is 50.0 Å². The van der Waals surface area contributed by atoms with E-state index in [2.05, 4.69) is 16.0 Å². The van der Waals surface area contributed by atoms with Crippen LogP contribution < -0.4 is 0 Å². The van der Waals surface area contributed by atoms with E-state index in [0.717, 1.165) is 19.3 Å². The molecule has 2 unspecified atom stereocenters. The number of esters is 1. The Morgan fingerprint density at radius 3 is 1.91 bits per heavy atom. The molecule has 0 aliphatic heterocycles. The maximum absolute atomic E-state index is 12.1. The predicted octanol–water partition coefficient (Wildman–Crippen LogP) is 5.21. The van der Waals surface area contributed by atoms with Gasteiger partial charge in [-0.25, -0.2) is 4.57 Å². The summed E-state index contributed by atoms with van der Waals surface area (Å²) in [5.41, 5.74) is 0. The van der Waals surface area contributed by atoms with E-state index in [1.165, 1.54) is 57.8 Å². The van der Waals surface area contributed by atoms with Gasteiger partial charge >= 0.3 is 13.8 Å². The van der Waals surface area contributed by atoms with Gasteiger partial charge in [0.15, 0.2) is 0 Å². The normalized spacial score (nSPS) is 19.9. The molecule has 0 fully saturated rings. The summed E-state index contributed by atoms with van der Waals surface area (Å²) in [6.07, 6.45) is 13.9. The molecule has 0 radical (unpaired) electrons. The van der Waals surface area contributed by atoms with Crippen LogP contribution in [0.25, 0.3) is 0 Å². The number of carbonyl (C=O) groups excluding carboxylic acids is 1. The minimum atomic E-state index is -4.94. The number of aliphatic hydroxyl groups excluding tert-OH is 1. The van der Waals surface area contributed by atoms with Gasteiger partial charge in [-0.1, -0.05) is 84.0 Å². The number of rotatable bonds is 23. The van der Waals surface area contributed by atoms with Crippen molar-refractivity contribution in [2.75, 3.05) is 47.3 Å². The van der Waals surface area contributed by atoms with Crippen LogP contribution in [-0.4, -0.2) is 73.8 Å². The molecule has 2 atom stereocenters. The molecule has 0 amide bonds. The second-order valence-electron chi connectivity index (χ2n) is 8.46. The quantitative estimate of drug-likeness (QED) is 0.0850. The number of phosphoric ester groups is 1. The number of hydrogen-bond donors (Lipinski definition) is 2. The van der Waals surface area contributed by atoms with Crippen LogP contribution >= 0.6 is 7.82 Å². The minimum Gasteiger partial charge on any atom is -0.463 e. The summed E-state index contributed by atoms with van der Waals surface area (Å²) in [5, 5.41) is 9.90. The van der Waals surface area contributed by atoms with Gasteiger partial charge in [-0.05, 0) is 6.42 Å². The van der Waals surface area contributed by atoms with Gasteiger partial charge in [-0.15, -0.1) is 0 Å². The highest BCUT2D eigenvalue weighted by molar-refractivity contribution is 7.47. The number of ether oxygens (including phenoxy) is 1. The van der Waals surface area contributed by atoms with E-state index in [1.54, 1.807) is 0 Å². The Morgan fingerprint density at radius 1 is 0.879 bits per heavy atom. The standard InChI is InChI=1S/C24H50NO7P/c1-5-6-7-8-9-10-11-12-13-14-15-16-17-18-24(27)30-21-23(26)22-32-33(28,29)31-20-19-25(2,3)4/h23,26H,5-22H2,1-4H3/p+1/i2D3,3D3,4D3. The van der Waals surface area contributed by atoms with Crippen molar-refractivity contribution in [1.29, 1.82) is 0 Å². The lowest BCUT2D eigenvalue weighted by atomic mass is 10.0. The van der Waals surface area contributed by atoms with Gasteiger partial charge in [0, 0.05) is 6.42 Å². The fourth-order valence-electron chi connectivity index (χ4n) is 3.11. The molecule has 9 heteroatoms. The molecular weight excluding hydrogens is 445 g/mol. The summed E-state index contributed by atoms with van der Waals surface area (Å²) in [4.78, 5) is 21.7. The molecule has 0 bridgehead atoms. The van der Waals surface area contributed by atoms with Crippen LogP contribution in [0.2, 0.25) is 0 Å². The predicted molar refractivity (Wildman–Crippen MR) is 132 cm³/mol. The van der Waals surface area contributed by atoms with Crippen molar-refractivity contribution >= 4 is 13.8 Å².